The van der Waals surface area contributed by atoms with E-state index in [0.717, 1.165) is 43.5 Å². The summed E-state index contributed by atoms with van der Waals surface area (Å²) in [5.74, 6) is -0.195. The highest BCUT2D eigenvalue weighted by atomic mass is 32.2. The summed E-state index contributed by atoms with van der Waals surface area (Å²) < 4.78 is 39.9. The first-order valence-electron chi connectivity index (χ1n) is 9.31. The van der Waals surface area contributed by atoms with E-state index in [0.29, 0.717) is 5.56 Å². The second kappa shape index (κ2) is 8.94. The van der Waals surface area contributed by atoms with Crippen LogP contribution in [0.1, 0.15) is 44.7 Å². The minimum Gasteiger partial charge on any atom is -0.352 e. The van der Waals surface area contributed by atoms with Gasteiger partial charge in [0.25, 0.3) is 0 Å². The number of rotatable bonds is 5. The zero-order chi connectivity index (χ0) is 20.1. The van der Waals surface area contributed by atoms with Gasteiger partial charge in [0, 0.05) is 11.6 Å². The monoisotopic (exact) mass is 409 g/mol. The number of nitrogens with zero attached hydrogens (tertiary/aromatic N) is 2. The Balaban J connectivity index is 1.79. The van der Waals surface area contributed by atoms with E-state index in [2.05, 4.69) is 15.3 Å². The highest BCUT2D eigenvalue weighted by Crippen LogP contribution is 2.33. The number of alkyl halides is 3. The van der Waals surface area contributed by atoms with Gasteiger partial charge in [-0.25, -0.2) is 9.97 Å². The molecule has 1 heterocycles. The second-order valence-corrected chi connectivity index (χ2v) is 8.20. The van der Waals surface area contributed by atoms with Crippen molar-refractivity contribution in [2.45, 2.75) is 61.7 Å². The van der Waals surface area contributed by atoms with Crippen molar-refractivity contribution in [1.82, 2.24) is 15.3 Å². The van der Waals surface area contributed by atoms with Gasteiger partial charge < -0.3 is 5.32 Å². The zero-order valence-electron chi connectivity index (χ0n) is 15.5. The number of carbonyl (C=O) groups is 1. The van der Waals surface area contributed by atoms with Crippen LogP contribution in [0.3, 0.4) is 0 Å². The molecule has 1 aromatic heterocycles. The Bertz CT molecular complexity index is 808. The first kappa shape index (κ1) is 20.6. The molecule has 0 bridgehead atoms. The maximum atomic E-state index is 13.3. The molecule has 28 heavy (non-hydrogen) atoms. The van der Waals surface area contributed by atoms with Crippen LogP contribution in [-0.4, -0.2) is 27.2 Å². The third kappa shape index (κ3) is 5.47. The SMILES string of the molecule is C[C@@H](Sc1nc(-c2ccccc2)cc(C(F)(F)F)n1)C(=O)NC1CCCCC1. The normalized spacial score (nSPS) is 16.6. The van der Waals surface area contributed by atoms with Crippen molar-refractivity contribution in [3.05, 3.63) is 42.1 Å². The van der Waals surface area contributed by atoms with Crippen LogP contribution in [0.5, 0.6) is 0 Å². The maximum Gasteiger partial charge on any atom is 0.433 e. The summed E-state index contributed by atoms with van der Waals surface area (Å²) in [6, 6.07) is 9.71. The molecule has 150 valence electrons. The molecule has 1 N–H and O–H groups in total. The van der Waals surface area contributed by atoms with E-state index in [4.69, 9.17) is 0 Å². The van der Waals surface area contributed by atoms with Crippen LogP contribution in [-0.2, 0) is 11.0 Å². The molecule has 1 fully saturated rings. The van der Waals surface area contributed by atoms with Gasteiger partial charge in [0.15, 0.2) is 5.16 Å². The summed E-state index contributed by atoms with van der Waals surface area (Å²) in [5, 5.41) is 2.35. The van der Waals surface area contributed by atoms with E-state index < -0.39 is 17.1 Å². The topological polar surface area (TPSA) is 54.9 Å². The summed E-state index contributed by atoms with van der Waals surface area (Å²) in [4.78, 5) is 20.3. The molecular weight excluding hydrogens is 387 g/mol. The molecule has 0 unspecified atom stereocenters. The van der Waals surface area contributed by atoms with Crippen molar-refractivity contribution in [3.63, 3.8) is 0 Å². The average molecular weight is 409 g/mol. The Morgan fingerprint density at radius 1 is 1.14 bits per heavy atom. The van der Waals surface area contributed by atoms with Crippen LogP contribution >= 0.6 is 11.8 Å². The smallest absolute Gasteiger partial charge is 0.352 e. The maximum absolute atomic E-state index is 13.3. The molecule has 1 aliphatic carbocycles. The largest absolute Gasteiger partial charge is 0.433 e. The predicted molar refractivity (Wildman–Crippen MR) is 103 cm³/mol. The first-order chi connectivity index (χ1) is 13.3. The minimum absolute atomic E-state index is 0.0556. The molecule has 2 aromatic rings. The molecule has 1 saturated carbocycles. The summed E-state index contributed by atoms with van der Waals surface area (Å²) in [7, 11) is 0. The van der Waals surface area contributed by atoms with Crippen LogP contribution in [0.2, 0.25) is 0 Å². The van der Waals surface area contributed by atoms with Gasteiger partial charge in [-0.15, -0.1) is 0 Å². The molecular formula is C20H22F3N3OS. The average Bonchev–Trinajstić information content (AvgIpc) is 2.68. The molecule has 3 rings (SSSR count). The Kier molecular flexibility index (Phi) is 6.59. The number of benzene rings is 1. The molecule has 1 aromatic carbocycles. The van der Waals surface area contributed by atoms with E-state index in [-0.39, 0.29) is 22.8 Å². The lowest BCUT2D eigenvalue weighted by atomic mass is 9.95. The molecule has 0 spiro atoms. The van der Waals surface area contributed by atoms with Crippen LogP contribution in [0.25, 0.3) is 11.3 Å². The summed E-state index contributed by atoms with van der Waals surface area (Å²) in [6.45, 7) is 1.66. The molecule has 1 atom stereocenters. The van der Waals surface area contributed by atoms with Gasteiger partial charge in [-0.2, -0.15) is 13.2 Å². The van der Waals surface area contributed by atoms with Gasteiger partial charge in [0.1, 0.15) is 5.69 Å². The van der Waals surface area contributed by atoms with Gasteiger partial charge in [0.2, 0.25) is 5.91 Å². The highest BCUT2D eigenvalue weighted by molar-refractivity contribution is 8.00. The third-order valence-corrected chi connectivity index (χ3v) is 5.63. The van der Waals surface area contributed by atoms with Gasteiger partial charge in [0.05, 0.1) is 10.9 Å². The molecule has 0 aliphatic heterocycles. The van der Waals surface area contributed by atoms with Crippen LogP contribution in [0, 0.1) is 0 Å². The van der Waals surface area contributed by atoms with Crippen LogP contribution in [0.15, 0.2) is 41.6 Å². The van der Waals surface area contributed by atoms with E-state index >= 15 is 0 Å². The quantitative estimate of drug-likeness (QED) is 0.552. The van der Waals surface area contributed by atoms with Crippen LogP contribution in [0.4, 0.5) is 13.2 Å². The third-order valence-electron chi connectivity index (χ3n) is 4.67. The summed E-state index contributed by atoms with van der Waals surface area (Å²) >= 11 is 0.945. The van der Waals surface area contributed by atoms with E-state index in [1.165, 1.54) is 6.42 Å². The molecule has 8 heteroatoms. The minimum atomic E-state index is -4.59. The van der Waals surface area contributed by atoms with Crippen molar-refractivity contribution in [1.29, 1.82) is 0 Å². The number of carbonyl (C=O) groups excluding carboxylic acids is 1. The summed E-state index contributed by atoms with van der Waals surface area (Å²) in [6.07, 6.45) is 0.655. The second-order valence-electron chi connectivity index (χ2n) is 6.89. The fourth-order valence-corrected chi connectivity index (χ4v) is 3.95. The fraction of sp³-hybridized carbons (Fsp3) is 0.450. The Morgan fingerprint density at radius 2 is 1.82 bits per heavy atom. The Labute approximate surface area is 166 Å². The van der Waals surface area contributed by atoms with Gasteiger partial charge >= 0.3 is 6.18 Å². The fourth-order valence-electron chi connectivity index (χ4n) is 3.16. The van der Waals surface area contributed by atoms with Gasteiger partial charge in [-0.3, -0.25) is 4.79 Å². The van der Waals surface area contributed by atoms with E-state index in [1.54, 1.807) is 37.3 Å². The van der Waals surface area contributed by atoms with Crippen molar-refractivity contribution in [2.75, 3.05) is 0 Å². The predicted octanol–water partition coefficient (Wildman–Crippen LogP) is 5.09. The number of aromatic nitrogens is 2. The standard InChI is InChI=1S/C20H22F3N3OS/c1-13(18(27)24-15-10-6-3-7-11-15)28-19-25-16(14-8-4-2-5-9-14)12-17(26-19)20(21,22)23/h2,4-5,8-9,12-13,15H,3,6-7,10-11H2,1H3,(H,24,27)/t13-/m1/s1. The van der Waals surface area contributed by atoms with Gasteiger partial charge in [-0.05, 0) is 25.8 Å². The zero-order valence-corrected chi connectivity index (χ0v) is 16.3. The Morgan fingerprint density at radius 3 is 2.46 bits per heavy atom. The number of halogens is 3. The van der Waals surface area contributed by atoms with E-state index in [1.807, 2.05) is 0 Å². The molecule has 1 amide bonds. The summed E-state index contributed by atoms with van der Waals surface area (Å²) in [5.41, 5.74) is -0.259. The first-order valence-corrected chi connectivity index (χ1v) is 10.2. The number of nitrogens with one attached hydrogen (secondary N) is 1. The molecule has 1 aliphatic rings. The lowest BCUT2D eigenvalue weighted by Gasteiger charge is -2.24. The lowest BCUT2D eigenvalue weighted by molar-refractivity contribution is -0.141. The van der Waals surface area contributed by atoms with E-state index in [9.17, 15) is 18.0 Å². The number of hydrogen-bond donors (Lipinski definition) is 1. The number of thioether (sulfide) groups is 1. The highest BCUT2D eigenvalue weighted by Gasteiger charge is 2.34. The Hall–Kier alpha value is -2.09. The number of hydrogen-bond acceptors (Lipinski definition) is 4. The van der Waals surface area contributed by atoms with Crippen LogP contribution < -0.4 is 5.32 Å². The van der Waals surface area contributed by atoms with Crippen molar-refractivity contribution >= 4 is 17.7 Å². The number of amides is 1. The lowest BCUT2D eigenvalue weighted by Crippen LogP contribution is -2.40. The molecule has 0 saturated heterocycles. The van der Waals surface area contributed by atoms with Crippen molar-refractivity contribution < 1.29 is 18.0 Å². The molecule has 4 nitrogen and oxygen atoms in total. The molecule has 0 radical (unpaired) electrons. The van der Waals surface area contributed by atoms with Gasteiger partial charge in [-0.1, -0.05) is 61.4 Å². The van der Waals surface area contributed by atoms with Crippen molar-refractivity contribution in [3.8, 4) is 11.3 Å². The van der Waals surface area contributed by atoms with Crippen molar-refractivity contribution in [2.24, 2.45) is 0 Å².